The van der Waals surface area contributed by atoms with E-state index in [1.54, 1.807) is 0 Å². The van der Waals surface area contributed by atoms with Gasteiger partial charge < -0.3 is 16.3 Å². The van der Waals surface area contributed by atoms with Crippen molar-refractivity contribution < 1.29 is 12.4 Å². The second-order valence-electron chi connectivity index (χ2n) is 3.55. The summed E-state index contributed by atoms with van der Waals surface area (Å²) in [6.07, 6.45) is 0.917. The van der Waals surface area contributed by atoms with Crippen LogP contribution in [-0.2, 0) is 9.59 Å². The Morgan fingerprint density at radius 1 is 1.20 bits per heavy atom. The molecule has 0 bridgehead atoms. The van der Waals surface area contributed by atoms with Crippen molar-refractivity contribution in [2.45, 2.75) is 47.6 Å². The quantitative estimate of drug-likeness (QED) is 0.714. The fourth-order valence-corrected chi connectivity index (χ4v) is 0.329. The third-order valence-corrected chi connectivity index (χ3v) is 1.32. The standard InChI is InChI=1S/C5H12N2O.C4H8O.C2H6.2H2/c1-3(2)4(6)5(7)8;1-4(2)3-5;1-2;;/h3-4H,6H2,1-2H3,(H2,7,8);3-4H,1-2H3;1-2H3;2*1H/t4-;;;;/m0..../s1. The summed E-state index contributed by atoms with van der Waals surface area (Å²) in [4.78, 5) is 19.7. The number of hydrogen-bond acceptors (Lipinski definition) is 3. The molecule has 0 spiro atoms. The largest absolute Gasteiger partial charge is 0.368 e. The maximum Gasteiger partial charge on any atom is 0.234 e. The zero-order chi connectivity index (χ0) is 13.0. The summed E-state index contributed by atoms with van der Waals surface area (Å²) >= 11 is 0. The van der Waals surface area contributed by atoms with Gasteiger partial charge in [-0.2, -0.15) is 0 Å². The maximum atomic E-state index is 10.2. The minimum absolute atomic E-state index is 0. The summed E-state index contributed by atoms with van der Waals surface area (Å²) in [6, 6.07) is -0.491. The fourth-order valence-electron chi connectivity index (χ4n) is 0.329. The summed E-state index contributed by atoms with van der Waals surface area (Å²) < 4.78 is 0. The lowest BCUT2D eigenvalue weighted by atomic mass is 10.1. The predicted octanol–water partition coefficient (Wildman–Crippen LogP) is 1.81. The molecule has 4 N–H and O–H groups in total. The Morgan fingerprint density at radius 3 is 1.47 bits per heavy atom. The van der Waals surface area contributed by atoms with Gasteiger partial charge in [0.25, 0.3) is 0 Å². The van der Waals surface area contributed by atoms with Gasteiger partial charge in [0.2, 0.25) is 5.91 Å². The highest BCUT2D eigenvalue weighted by atomic mass is 16.1. The van der Waals surface area contributed by atoms with Gasteiger partial charge in [-0.25, -0.2) is 0 Å². The van der Waals surface area contributed by atoms with Crippen molar-refractivity contribution in [1.29, 1.82) is 0 Å². The van der Waals surface area contributed by atoms with E-state index >= 15 is 0 Å². The topological polar surface area (TPSA) is 86.2 Å². The Labute approximate surface area is 96.4 Å². The molecule has 1 atom stereocenters. The zero-order valence-corrected chi connectivity index (χ0v) is 10.8. The van der Waals surface area contributed by atoms with Crippen molar-refractivity contribution in [3.63, 3.8) is 0 Å². The molecule has 0 aliphatic rings. The van der Waals surface area contributed by atoms with Crippen LogP contribution in [-0.4, -0.2) is 18.2 Å². The highest BCUT2D eigenvalue weighted by Crippen LogP contribution is 1.95. The van der Waals surface area contributed by atoms with Crippen molar-refractivity contribution in [3.8, 4) is 0 Å². The molecule has 0 saturated heterocycles. The van der Waals surface area contributed by atoms with Crippen molar-refractivity contribution in [1.82, 2.24) is 0 Å². The highest BCUT2D eigenvalue weighted by Gasteiger charge is 2.12. The molecule has 0 saturated carbocycles. The van der Waals surface area contributed by atoms with E-state index in [1.165, 1.54) is 0 Å². The molecule has 0 radical (unpaired) electrons. The molecule has 15 heavy (non-hydrogen) atoms. The lowest BCUT2D eigenvalue weighted by Crippen LogP contribution is -2.40. The first kappa shape index (κ1) is 19.6. The van der Waals surface area contributed by atoms with Crippen LogP contribution in [0.5, 0.6) is 0 Å². The number of carbonyl (C=O) groups is 2. The van der Waals surface area contributed by atoms with Crippen LogP contribution < -0.4 is 11.5 Å². The van der Waals surface area contributed by atoms with E-state index in [9.17, 15) is 9.59 Å². The molecule has 0 rings (SSSR count). The fraction of sp³-hybridized carbons (Fsp3) is 0.818. The van der Waals surface area contributed by atoms with Crippen LogP contribution in [0.4, 0.5) is 0 Å². The van der Waals surface area contributed by atoms with Gasteiger partial charge >= 0.3 is 0 Å². The Bertz CT molecular complexity index is 166. The summed E-state index contributed by atoms with van der Waals surface area (Å²) in [5, 5.41) is 0. The Hall–Kier alpha value is -0.900. The van der Waals surface area contributed by atoms with E-state index in [0.29, 0.717) is 0 Å². The van der Waals surface area contributed by atoms with E-state index in [1.807, 2.05) is 41.5 Å². The molecule has 96 valence electrons. The maximum absolute atomic E-state index is 10.2. The van der Waals surface area contributed by atoms with Crippen molar-refractivity contribution in [2.75, 3.05) is 0 Å². The lowest BCUT2D eigenvalue weighted by Gasteiger charge is -2.09. The van der Waals surface area contributed by atoms with E-state index in [2.05, 4.69) is 0 Å². The zero-order valence-electron chi connectivity index (χ0n) is 10.8. The number of nitrogens with two attached hydrogens (primary N) is 2. The molecule has 4 nitrogen and oxygen atoms in total. The molecule has 0 aromatic carbocycles. The number of aldehydes is 1. The Balaban J connectivity index is -0.0000000471. The van der Waals surface area contributed by atoms with Gasteiger partial charge in [-0.15, -0.1) is 0 Å². The van der Waals surface area contributed by atoms with Gasteiger partial charge in [-0.05, 0) is 5.92 Å². The minimum atomic E-state index is -0.491. The molecular formula is C11H30N2O2. The second-order valence-corrected chi connectivity index (χ2v) is 3.55. The number of rotatable bonds is 3. The number of primary amides is 1. The highest BCUT2D eigenvalue weighted by molar-refractivity contribution is 5.79. The first-order valence-corrected chi connectivity index (χ1v) is 5.33. The third-order valence-electron chi connectivity index (χ3n) is 1.32. The van der Waals surface area contributed by atoms with Gasteiger partial charge in [-0.1, -0.05) is 41.5 Å². The normalized spacial score (nSPS) is 10.7. The van der Waals surface area contributed by atoms with Crippen LogP contribution in [0.1, 0.15) is 44.4 Å². The number of amides is 1. The van der Waals surface area contributed by atoms with Crippen molar-refractivity contribution >= 4 is 12.2 Å². The monoisotopic (exact) mass is 222 g/mol. The van der Waals surface area contributed by atoms with Gasteiger partial charge in [0.1, 0.15) is 6.29 Å². The third kappa shape index (κ3) is 19.5. The predicted molar refractivity (Wildman–Crippen MR) is 68.5 cm³/mol. The van der Waals surface area contributed by atoms with E-state index in [4.69, 9.17) is 11.5 Å². The van der Waals surface area contributed by atoms with Crippen LogP contribution in [0.3, 0.4) is 0 Å². The first-order chi connectivity index (χ1) is 6.82. The molecular weight excluding hydrogens is 192 g/mol. The van der Waals surface area contributed by atoms with E-state index < -0.39 is 11.9 Å². The number of hydrogen-bond donors (Lipinski definition) is 2. The minimum Gasteiger partial charge on any atom is -0.368 e. The van der Waals surface area contributed by atoms with Crippen molar-refractivity contribution in [3.05, 3.63) is 0 Å². The van der Waals surface area contributed by atoms with Gasteiger partial charge in [0.15, 0.2) is 0 Å². The van der Waals surface area contributed by atoms with Crippen LogP contribution in [0.15, 0.2) is 0 Å². The molecule has 1 amide bonds. The van der Waals surface area contributed by atoms with Gasteiger partial charge in [-0.3, -0.25) is 4.79 Å². The van der Waals surface area contributed by atoms with Crippen LogP contribution in [0.25, 0.3) is 0 Å². The van der Waals surface area contributed by atoms with Crippen LogP contribution in [0.2, 0.25) is 0 Å². The van der Waals surface area contributed by atoms with Crippen LogP contribution >= 0.6 is 0 Å². The van der Waals surface area contributed by atoms with E-state index in [0.717, 1.165) is 6.29 Å². The number of carbonyl (C=O) groups excluding carboxylic acids is 2. The SMILES string of the molecule is CC.CC(C)C=O.CC(C)[C@H](N)C(N)=O.[HH].[HH]. The molecule has 0 aliphatic carbocycles. The average Bonchev–Trinajstić information content (AvgIpc) is 2.20. The second kappa shape index (κ2) is 13.1. The molecule has 0 unspecified atom stereocenters. The van der Waals surface area contributed by atoms with Crippen LogP contribution in [0, 0.1) is 11.8 Å². The first-order valence-electron chi connectivity index (χ1n) is 5.33. The molecule has 0 aliphatic heterocycles. The van der Waals surface area contributed by atoms with Gasteiger partial charge in [0, 0.05) is 8.77 Å². The molecule has 4 heteroatoms. The average molecular weight is 222 g/mol. The summed E-state index contributed by atoms with van der Waals surface area (Å²) in [5.41, 5.74) is 10.2. The smallest absolute Gasteiger partial charge is 0.234 e. The van der Waals surface area contributed by atoms with E-state index in [-0.39, 0.29) is 14.7 Å². The molecule has 0 aromatic rings. The molecule has 0 heterocycles. The molecule has 0 fully saturated rings. The van der Waals surface area contributed by atoms with Gasteiger partial charge in [0.05, 0.1) is 6.04 Å². The Kier molecular flexibility index (Phi) is 17.2. The summed E-state index contributed by atoms with van der Waals surface area (Å²) in [7, 11) is 0. The van der Waals surface area contributed by atoms with Crippen molar-refractivity contribution in [2.24, 2.45) is 23.3 Å². The summed E-state index contributed by atoms with van der Waals surface area (Å²) in [5.74, 6) is -0.0810. The Morgan fingerprint density at radius 2 is 1.47 bits per heavy atom. The lowest BCUT2D eigenvalue weighted by molar-refractivity contribution is -0.120. The summed E-state index contributed by atoms with van der Waals surface area (Å²) in [6.45, 7) is 11.4. The molecule has 0 aromatic heterocycles.